The Bertz CT molecular complexity index is 745. The maximum Gasteiger partial charge on any atom is 0.417 e. The predicted octanol–water partition coefficient (Wildman–Crippen LogP) is 4.26. The average molecular weight is 379 g/mol. The van der Waals surface area contributed by atoms with Crippen molar-refractivity contribution in [2.45, 2.75) is 11.2 Å². The Labute approximate surface area is 143 Å². The molecule has 6 nitrogen and oxygen atoms in total. The Morgan fingerprint density at radius 3 is 2.75 bits per heavy atom. The summed E-state index contributed by atoms with van der Waals surface area (Å²) in [6.45, 7) is 0.293. The molecule has 128 valence electrons. The van der Waals surface area contributed by atoms with Crippen LogP contribution in [-0.4, -0.2) is 27.2 Å². The van der Waals surface area contributed by atoms with E-state index in [9.17, 15) is 23.3 Å². The molecule has 0 aliphatic heterocycles. The zero-order valence-electron chi connectivity index (χ0n) is 11.9. The lowest BCUT2D eigenvalue weighted by molar-refractivity contribution is -0.384. The molecule has 0 radical (unpaired) electrons. The zero-order chi connectivity index (χ0) is 17.7. The van der Waals surface area contributed by atoms with Gasteiger partial charge in [-0.25, -0.2) is 9.97 Å². The van der Waals surface area contributed by atoms with E-state index in [0.717, 1.165) is 17.8 Å². The summed E-state index contributed by atoms with van der Waals surface area (Å²) in [7, 11) is 0. The second-order valence-electron chi connectivity index (χ2n) is 4.41. The van der Waals surface area contributed by atoms with Crippen molar-refractivity contribution in [1.29, 1.82) is 0 Å². The number of thioether (sulfide) groups is 1. The van der Waals surface area contributed by atoms with Gasteiger partial charge in [-0.1, -0.05) is 11.6 Å². The van der Waals surface area contributed by atoms with Crippen molar-refractivity contribution in [3.8, 4) is 0 Å². The van der Waals surface area contributed by atoms with Crippen LogP contribution in [-0.2, 0) is 6.18 Å². The molecule has 0 aliphatic carbocycles. The number of rotatable bonds is 6. The summed E-state index contributed by atoms with van der Waals surface area (Å²) >= 11 is 6.92. The third-order valence-electron chi connectivity index (χ3n) is 2.75. The molecule has 0 amide bonds. The maximum absolute atomic E-state index is 12.5. The normalized spacial score (nSPS) is 11.3. The van der Waals surface area contributed by atoms with Gasteiger partial charge in [-0.15, -0.1) is 11.8 Å². The van der Waals surface area contributed by atoms with E-state index in [0.29, 0.717) is 18.5 Å². The summed E-state index contributed by atoms with van der Waals surface area (Å²) in [4.78, 5) is 17.8. The van der Waals surface area contributed by atoms with Gasteiger partial charge in [0, 0.05) is 30.8 Å². The number of hydrogen-bond acceptors (Lipinski definition) is 6. The van der Waals surface area contributed by atoms with Crippen LogP contribution in [0, 0.1) is 10.1 Å². The fourth-order valence-corrected chi connectivity index (χ4v) is 2.74. The predicted molar refractivity (Wildman–Crippen MR) is 84.4 cm³/mol. The van der Waals surface area contributed by atoms with Gasteiger partial charge >= 0.3 is 11.9 Å². The third kappa shape index (κ3) is 4.71. The van der Waals surface area contributed by atoms with Crippen molar-refractivity contribution in [1.82, 2.24) is 9.97 Å². The van der Waals surface area contributed by atoms with Crippen molar-refractivity contribution in [3.05, 3.63) is 51.3 Å². The molecule has 2 heterocycles. The molecule has 0 aromatic carbocycles. The number of anilines is 1. The summed E-state index contributed by atoms with van der Waals surface area (Å²) in [5.41, 5.74) is -1.08. The van der Waals surface area contributed by atoms with Gasteiger partial charge in [-0.2, -0.15) is 13.2 Å². The highest BCUT2D eigenvalue weighted by Gasteiger charge is 2.31. The van der Waals surface area contributed by atoms with E-state index < -0.39 is 16.7 Å². The van der Waals surface area contributed by atoms with Crippen LogP contribution in [0.2, 0.25) is 5.02 Å². The number of aromatic nitrogens is 2. The molecule has 0 fully saturated rings. The van der Waals surface area contributed by atoms with Gasteiger partial charge in [0.2, 0.25) is 5.82 Å². The van der Waals surface area contributed by atoms with Gasteiger partial charge in [0.15, 0.2) is 0 Å². The largest absolute Gasteiger partial charge is 0.417 e. The Morgan fingerprint density at radius 1 is 1.38 bits per heavy atom. The smallest absolute Gasteiger partial charge is 0.363 e. The summed E-state index contributed by atoms with van der Waals surface area (Å²) < 4.78 is 37.6. The van der Waals surface area contributed by atoms with Crippen molar-refractivity contribution < 1.29 is 18.1 Å². The Balaban J connectivity index is 1.93. The van der Waals surface area contributed by atoms with Crippen LogP contribution >= 0.6 is 23.4 Å². The zero-order valence-corrected chi connectivity index (χ0v) is 13.5. The minimum Gasteiger partial charge on any atom is -0.363 e. The Kier molecular flexibility index (Phi) is 5.84. The lowest BCUT2D eigenvalue weighted by atomic mass is 10.3. The van der Waals surface area contributed by atoms with E-state index in [-0.39, 0.29) is 21.6 Å². The van der Waals surface area contributed by atoms with Crippen molar-refractivity contribution in [3.63, 3.8) is 0 Å². The molecule has 2 aromatic heterocycles. The Morgan fingerprint density at radius 2 is 2.12 bits per heavy atom. The summed E-state index contributed by atoms with van der Waals surface area (Å²) in [6, 6.07) is 3.58. The number of nitrogens with zero attached hydrogens (tertiary/aromatic N) is 3. The maximum atomic E-state index is 12.5. The van der Waals surface area contributed by atoms with E-state index in [2.05, 4.69) is 15.3 Å². The molecule has 0 atom stereocenters. The van der Waals surface area contributed by atoms with Gasteiger partial charge in [0.25, 0.3) is 0 Å². The lowest BCUT2D eigenvalue weighted by Gasteiger charge is -2.09. The molecule has 0 saturated carbocycles. The van der Waals surface area contributed by atoms with Gasteiger partial charge < -0.3 is 5.32 Å². The quantitative estimate of drug-likeness (QED) is 0.350. The van der Waals surface area contributed by atoms with Gasteiger partial charge in [0.05, 0.1) is 15.5 Å². The second kappa shape index (κ2) is 7.67. The topological polar surface area (TPSA) is 81.0 Å². The molecule has 0 spiro atoms. The fourth-order valence-electron chi connectivity index (χ4n) is 1.68. The molecular weight excluding hydrogens is 369 g/mol. The number of hydrogen-bond donors (Lipinski definition) is 1. The number of nitro groups is 1. The van der Waals surface area contributed by atoms with Crippen molar-refractivity contribution in [2.75, 3.05) is 17.6 Å². The van der Waals surface area contributed by atoms with Gasteiger partial charge in [-0.3, -0.25) is 10.1 Å². The molecule has 11 heteroatoms. The van der Waals surface area contributed by atoms with E-state index in [1.54, 1.807) is 0 Å². The monoisotopic (exact) mass is 378 g/mol. The molecule has 2 aromatic rings. The second-order valence-corrected chi connectivity index (χ2v) is 5.90. The van der Waals surface area contributed by atoms with Crippen LogP contribution < -0.4 is 5.32 Å². The Hall–Kier alpha value is -2.07. The highest BCUT2D eigenvalue weighted by Crippen LogP contribution is 2.33. The molecule has 0 aliphatic rings. The lowest BCUT2D eigenvalue weighted by Crippen LogP contribution is -2.08. The minimum atomic E-state index is -4.50. The van der Waals surface area contributed by atoms with Crippen molar-refractivity contribution in [2.24, 2.45) is 0 Å². The van der Waals surface area contributed by atoms with E-state index in [4.69, 9.17) is 11.6 Å². The van der Waals surface area contributed by atoms with Gasteiger partial charge in [-0.05, 0) is 12.1 Å². The van der Waals surface area contributed by atoms with E-state index in [1.165, 1.54) is 18.3 Å². The first-order chi connectivity index (χ1) is 11.3. The molecule has 0 bridgehead atoms. The van der Waals surface area contributed by atoms with Crippen LogP contribution in [0.15, 0.2) is 35.6 Å². The van der Waals surface area contributed by atoms with Crippen LogP contribution in [0.5, 0.6) is 0 Å². The standard InChI is InChI=1S/C13H10ClF3N4O2S/c14-9-6-8(13(15,16)17)7-20-12(9)24-5-4-19-11-10(21(22)23)2-1-3-18-11/h1-3,6-7H,4-5H2,(H,18,19). The first-order valence-corrected chi connectivity index (χ1v) is 7.84. The molecule has 2 rings (SSSR count). The van der Waals surface area contributed by atoms with E-state index >= 15 is 0 Å². The summed E-state index contributed by atoms with van der Waals surface area (Å²) in [5.74, 6) is 0.501. The number of pyridine rings is 2. The molecule has 0 saturated heterocycles. The summed E-state index contributed by atoms with van der Waals surface area (Å²) in [6.07, 6.45) is -2.37. The van der Waals surface area contributed by atoms with E-state index in [1.807, 2.05) is 0 Å². The third-order valence-corrected chi connectivity index (χ3v) is 4.16. The van der Waals surface area contributed by atoms with Crippen LogP contribution in [0.25, 0.3) is 0 Å². The molecular formula is C13H10ClF3N4O2S. The summed E-state index contributed by atoms with van der Waals surface area (Å²) in [5, 5.41) is 13.8. The molecule has 24 heavy (non-hydrogen) atoms. The first-order valence-electron chi connectivity index (χ1n) is 6.48. The highest BCUT2D eigenvalue weighted by atomic mass is 35.5. The number of alkyl halides is 3. The minimum absolute atomic E-state index is 0.0985. The van der Waals surface area contributed by atoms with Crippen LogP contribution in [0.3, 0.4) is 0 Å². The van der Waals surface area contributed by atoms with Crippen LogP contribution in [0.4, 0.5) is 24.7 Å². The SMILES string of the molecule is O=[N+]([O-])c1cccnc1NCCSc1ncc(C(F)(F)F)cc1Cl. The van der Waals surface area contributed by atoms with Crippen LogP contribution in [0.1, 0.15) is 5.56 Å². The molecule has 0 unspecified atom stereocenters. The number of nitrogens with one attached hydrogen (secondary N) is 1. The van der Waals surface area contributed by atoms with Crippen molar-refractivity contribution >= 4 is 34.9 Å². The van der Waals surface area contributed by atoms with Gasteiger partial charge in [0.1, 0.15) is 5.03 Å². The first kappa shape index (κ1) is 18.3. The molecule has 1 N–H and O–H groups in total. The fraction of sp³-hybridized carbons (Fsp3) is 0.231. The highest BCUT2D eigenvalue weighted by molar-refractivity contribution is 7.99. The number of halogens is 4. The average Bonchev–Trinajstić information content (AvgIpc) is 2.52.